The van der Waals surface area contributed by atoms with Crippen molar-refractivity contribution in [3.05, 3.63) is 58.6 Å². The van der Waals surface area contributed by atoms with Crippen molar-refractivity contribution in [1.82, 2.24) is 0 Å². The maximum Gasteiger partial charge on any atom is 0.129 e. The van der Waals surface area contributed by atoms with Gasteiger partial charge in [-0.05, 0) is 29.8 Å². The summed E-state index contributed by atoms with van der Waals surface area (Å²) in [6.07, 6.45) is -0.239. The Hall–Kier alpha value is -1.71. The Morgan fingerprint density at radius 3 is 2.85 bits per heavy atom. The molecule has 0 aliphatic carbocycles. The van der Waals surface area contributed by atoms with Crippen LogP contribution in [0.2, 0.25) is 5.02 Å². The van der Waals surface area contributed by atoms with Crippen LogP contribution in [0.4, 0.5) is 0 Å². The van der Waals surface area contributed by atoms with E-state index in [1.54, 1.807) is 13.2 Å². The monoisotopic (exact) mass is 290 g/mol. The summed E-state index contributed by atoms with van der Waals surface area (Å²) in [6.45, 7) is 0. The molecular weight excluding hydrogens is 276 g/mol. The molecule has 3 rings (SSSR count). The Bertz CT molecular complexity index is 627. The quantitative estimate of drug-likeness (QED) is 0.911. The number of aliphatic hydroxyl groups is 1. The van der Waals surface area contributed by atoms with E-state index in [2.05, 4.69) is 0 Å². The van der Waals surface area contributed by atoms with Gasteiger partial charge in [0.15, 0.2) is 0 Å². The minimum atomic E-state index is -0.548. The van der Waals surface area contributed by atoms with Crippen LogP contribution in [0.25, 0.3) is 0 Å². The van der Waals surface area contributed by atoms with E-state index in [1.165, 1.54) is 0 Å². The third kappa shape index (κ3) is 2.47. The van der Waals surface area contributed by atoms with Crippen LogP contribution in [0.5, 0.6) is 11.5 Å². The lowest BCUT2D eigenvalue weighted by atomic mass is 9.95. The van der Waals surface area contributed by atoms with Crippen LogP contribution in [0.3, 0.4) is 0 Å². The maximum absolute atomic E-state index is 10.3. The van der Waals surface area contributed by atoms with E-state index in [9.17, 15) is 5.11 Å². The first-order chi connectivity index (χ1) is 9.67. The average Bonchev–Trinajstić information content (AvgIpc) is 2.46. The van der Waals surface area contributed by atoms with Gasteiger partial charge in [-0.15, -0.1) is 0 Å². The second-order valence-electron chi connectivity index (χ2n) is 4.82. The highest BCUT2D eigenvalue weighted by Gasteiger charge is 2.28. The normalized spacial score (nSPS) is 20.9. The summed E-state index contributed by atoms with van der Waals surface area (Å²) < 4.78 is 11.2. The van der Waals surface area contributed by atoms with Crippen molar-refractivity contribution >= 4 is 11.6 Å². The molecule has 1 unspecified atom stereocenters. The fourth-order valence-electron chi connectivity index (χ4n) is 2.46. The molecule has 0 fully saturated rings. The van der Waals surface area contributed by atoms with Crippen molar-refractivity contribution < 1.29 is 14.6 Å². The first-order valence-corrected chi connectivity index (χ1v) is 6.83. The Kier molecular flexibility index (Phi) is 3.55. The van der Waals surface area contributed by atoms with Crippen molar-refractivity contribution in [2.45, 2.75) is 18.6 Å². The first kappa shape index (κ1) is 13.3. The van der Waals surface area contributed by atoms with Gasteiger partial charge in [-0.3, -0.25) is 0 Å². The highest BCUT2D eigenvalue weighted by Crippen LogP contribution is 2.42. The molecule has 1 N–H and O–H groups in total. The molecule has 104 valence electrons. The Morgan fingerprint density at radius 1 is 1.25 bits per heavy atom. The summed E-state index contributed by atoms with van der Waals surface area (Å²) in [5.74, 6) is 1.37. The molecular formula is C16H15ClO3. The van der Waals surface area contributed by atoms with Crippen LogP contribution >= 0.6 is 11.6 Å². The molecule has 0 spiro atoms. The maximum atomic E-state index is 10.3. The molecule has 3 nitrogen and oxygen atoms in total. The van der Waals surface area contributed by atoms with Crippen LogP contribution in [0.1, 0.15) is 29.8 Å². The number of hydrogen-bond acceptors (Lipinski definition) is 3. The number of rotatable bonds is 2. The van der Waals surface area contributed by atoms with Gasteiger partial charge < -0.3 is 14.6 Å². The zero-order valence-corrected chi connectivity index (χ0v) is 11.8. The van der Waals surface area contributed by atoms with E-state index in [0.29, 0.717) is 22.9 Å². The summed E-state index contributed by atoms with van der Waals surface area (Å²) in [4.78, 5) is 0. The molecule has 0 aromatic heterocycles. The average molecular weight is 291 g/mol. The number of ether oxygens (including phenoxy) is 2. The minimum absolute atomic E-state index is 0.205. The predicted molar refractivity (Wildman–Crippen MR) is 77.4 cm³/mol. The van der Waals surface area contributed by atoms with E-state index < -0.39 is 6.10 Å². The lowest BCUT2D eigenvalue weighted by Gasteiger charge is -2.30. The molecule has 0 amide bonds. The highest BCUT2D eigenvalue weighted by molar-refractivity contribution is 6.30. The molecule has 1 heterocycles. The fraction of sp³-hybridized carbons (Fsp3) is 0.250. The largest absolute Gasteiger partial charge is 0.497 e. The number of halogens is 1. The van der Waals surface area contributed by atoms with Crippen LogP contribution in [0.15, 0.2) is 42.5 Å². The van der Waals surface area contributed by atoms with Crippen molar-refractivity contribution in [2.75, 3.05) is 7.11 Å². The molecule has 0 radical (unpaired) electrons. The fourth-order valence-corrected chi connectivity index (χ4v) is 2.66. The summed E-state index contributed by atoms with van der Waals surface area (Å²) in [5.41, 5.74) is 1.76. The third-order valence-corrected chi connectivity index (χ3v) is 3.74. The van der Waals surface area contributed by atoms with Crippen LogP contribution in [0, 0.1) is 0 Å². The zero-order chi connectivity index (χ0) is 14.1. The van der Waals surface area contributed by atoms with Crippen molar-refractivity contribution in [2.24, 2.45) is 0 Å². The van der Waals surface area contributed by atoms with E-state index in [-0.39, 0.29) is 6.10 Å². The molecule has 20 heavy (non-hydrogen) atoms. The van der Waals surface area contributed by atoms with Gasteiger partial charge in [0.2, 0.25) is 0 Å². The van der Waals surface area contributed by atoms with Crippen LogP contribution in [-0.4, -0.2) is 12.2 Å². The van der Waals surface area contributed by atoms with E-state index >= 15 is 0 Å². The number of methoxy groups -OCH3 is 1. The number of aliphatic hydroxyl groups excluding tert-OH is 1. The van der Waals surface area contributed by atoms with Gasteiger partial charge in [-0.1, -0.05) is 23.7 Å². The number of benzene rings is 2. The van der Waals surface area contributed by atoms with E-state index in [4.69, 9.17) is 21.1 Å². The Morgan fingerprint density at radius 2 is 2.10 bits per heavy atom. The molecule has 1 aliphatic rings. The van der Waals surface area contributed by atoms with Gasteiger partial charge in [0.1, 0.15) is 17.6 Å². The SMILES string of the molecule is COc1ccc2c(c1)OC(c1cccc(Cl)c1)C[C@H]2O. The smallest absolute Gasteiger partial charge is 0.129 e. The number of fused-ring (bicyclic) bond motifs is 1. The van der Waals surface area contributed by atoms with Gasteiger partial charge >= 0.3 is 0 Å². The molecule has 1 aliphatic heterocycles. The standard InChI is InChI=1S/C16H15ClO3/c1-19-12-5-6-13-14(18)9-15(20-16(13)8-12)10-3-2-4-11(17)7-10/h2-8,14-15,18H,9H2,1H3/t14-,15?/m1/s1. The molecule has 0 saturated carbocycles. The summed E-state index contributed by atoms with van der Waals surface area (Å²) in [5, 5.41) is 10.9. The lowest BCUT2D eigenvalue weighted by Crippen LogP contribution is -2.19. The number of hydrogen-bond donors (Lipinski definition) is 1. The Labute approximate surface area is 122 Å². The molecule has 4 heteroatoms. The van der Waals surface area contributed by atoms with Gasteiger partial charge in [-0.2, -0.15) is 0 Å². The summed E-state index contributed by atoms with van der Waals surface area (Å²) in [6, 6.07) is 13.0. The van der Waals surface area contributed by atoms with Crippen LogP contribution < -0.4 is 9.47 Å². The molecule has 0 bridgehead atoms. The second-order valence-corrected chi connectivity index (χ2v) is 5.25. The second kappa shape index (κ2) is 5.35. The molecule has 2 aromatic rings. The van der Waals surface area contributed by atoms with Crippen molar-refractivity contribution in [3.63, 3.8) is 0 Å². The zero-order valence-electron chi connectivity index (χ0n) is 11.0. The van der Waals surface area contributed by atoms with Crippen molar-refractivity contribution in [3.8, 4) is 11.5 Å². The van der Waals surface area contributed by atoms with Gasteiger partial charge in [0.25, 0.3) is 0 Å². The van der Waals surface area contributed by atoms with E-state index in [1.807, 2.05) is 36.4 Å². The molecule has 0 saturated heterocycles. The summed E-state index contributed by atoms with van der Waals surface area (Å²) in [7, 11) is 1.61. The van der Waals surface area contributed by atoms with Crippen molar-refractivity contribution in [1.29, 1.82) is 0 Å². The lowest BCUT2D eigenvalue weighted by molar-refractivity contribution is 0.0655. The van der Waals surface area contributed by atoms with Crippen LogP contribution in [-0.2, 0) is 0 Å². The van der Waals surface area contributed by atoms with Gasteiger partial charge in [-0.25, -0.2) is 0 Å². The minimum Gasteiger partial charge on any atom is -0.497 e. The van der Waals surface area contributed by atoms with Gasteiger partial charge in [0.05, 0.1) is 13.2 Å². The summed E-state index contributed by atoms with van der Waals surface area (Å²) >= 11 is 6.01. The van der Waals surface area contributed by atoms with E-state index in [0.717, 1.165) is 11.1 Å². The highest BCUT2D eigenvalue weighted by atomic mass is 35.5. The third-order valence-electron chi connectivity index (χ3n) is 3.51. The predicted octanol–water partition coefficient (Wildman–Crippen LogP) is 3.91. The van der Waals surface area contributed by atoms with Gasteiger partial charge in [0, 0.05) is 23.1 Å². The Balaban J connectivity index is 1.95. The molecule has 2 aromatic carbocycles. The first-order valence-electron chi connectivity index (χ1n) is 6.45. The topological polar surface area (TPSA) is 38.7 Å². The molecule has 2 atom stereocenters.